The van der Waals surface area contributed by atoms with Crippen LogP contribution >= 0.6 is 9.24 Å². The quantitative estimate of drug-likeness (QED) is 0.416. The molecule has 0 bridgehead atoms. The number of aliphatic hydroxyl groups excluding tert-OH is 2. The molecule has 32 valence electrons. The van der Waals surface area contributed by atoms with E-state index in [9.17, 15) is 0 Å². The maximum absolute atomic E-state index is 8.07. The average molecular weight is 94.1 g/mol. The minimum absolute atomic E-state index is 0.176. The van der Waals surface area contributed by atoms with Crippen molar-refractivity contribution in [3.63, 3.8) is 0 Å². The van der Waals surface area contributed by atoms with Crippen LogP contribution in [-0.4, -0.2) is 22.7 Å². The maximum atomic E-state index is 8.07. The second kappa shape index (κ2) is 2.58. The van der Waals surface area contributed by atoms with Crippen molar-refractivity contribution < 1.29 is 10.2 Å². The van der Waals surface area contributed by atoms with Gasteiger partial charge in [-0.3, -0.25) is 0 Å². The van der Waals surface area contributed by atoms with Crippen LogP contribution in [0.3, 0.4) is 0 Å². The van der Waals surface area contributed by atoms with E-state index in [1.165, 1.54) is 0 Å². The van der Waals surface area contributed by atoms with Crippen LogP contribution in [0.2, 0.25) is 0 Å². The van der Waals surface area contributed by atoms with E-state index in [0.717, 1.165) is 0 Å². The van der Waals surface area contributed by atoms with Crippen molar-refractivity contribution >= 4 is 9.24 Å². The van der Waals surface area contributed by atoms with Gasteiger partial charge in [-0.2, -0.15) is 0 Å². The summed E-state index contributed by atoms with van der Waals surface area (Å²) in [6.45, 7) is -0.176. The molecule has 0 fully saturated rings. The van der Waals surface area contributed by atoms with E-state index in [4.69, 9.17) is 10.2 Å². The Balaban J connectivity index is 2.54. The van der Waals surface area contributed by atoms with Crippen LogP contribution in [0.15, 0.2) is 0 Å². The highest BCUT2D eigenvalue weighted by atomic mass is 31.0. The largest absolute Gasteiger partial charge is 0.393 e. The Bertz CT molecular complexity index is 21.6. The smallest absolute Gasteiger partial charge is 0.0903 e. The average Bonchev–Trinajstić information content (AvgIpc) is 1.38. The minimum Gasteiger partial charge on any atom is -0.393 e. The van der Waals surface area contributed by atoms with Crippen LogP contribution in [0.25, 0.3) is 0 Å². The summed E-state index contributed by atoms with van der Waals surface area (Å²) in [6, 6.07) is 0. The summed E-state index contributed by atoms with van der Waals surface area (Å²) in [6.07, 6.45) is 0. The normalized spacial score (nSPS) is 15.0. The van der Waals surface area contributed by atoms with E-state index >= 15 is 0 Å². The predicted molar refractivity (Wildman–Crippen MR) is 22.8 cm³/mol. The molecule has 0 rings (SSSR count). The second-order valence-corrected chi connectivity index (χ2v) is 1.52. The Morgan fingerprint density at radius 3 is 2.00 bits per heavy atom. The van der Waals surface area contributed by atoms with Crippen LogP contribution in [0.4, 0.5) is 0 Å². The molecule has 0 aromatic heterocycles. The van der Waals surface area contributed by atoms with Crippen LogP contribution in [-0.2, 0) is 0 Å². The van der Waals surface area contributed by atoms with Crippen molar-refractivity contribution in [2.45, 2.75) is 5.85 Å². The summed E-state index contributed by atoms with van der Waals surface area (Å²) in [4.78, 5) is 0. The first-order chi connectivity index (χ1) is 2.27. The number of hydrogen-bond donors (Lipinski definition) is 2. The molecule has 2 nitrogen and oxygen atoms in total. The Morgan fingerprint density at radius 2 is 2.00 bits per heavy atom. The van der Waals surface area contributed by atoms with Gasteiger partial charge in [-0.05, 0) is 0 Å². The number of rotatable bonds is 1. The van der Waals surface area contributed by atoms with Crippen LogP contribution in [0, 0.1) is 0 Å². The van der Waals surface area contributed by atoms with Gasteiger partial charge in [-0.15, -0.1) is 9.24 Å². The highest BCUT2D eigenvalue weighted by Crippen LogP contribution is 1.87. The molecule has 2 unspecified atom stereocenters. The highest BCUT2D eigenvalue weighted by molar-refractivity contribution is 7.17. The van der Waals surface area contributed by atoms with E-state index < -0.39 is 5.85 Å². The fourth-order valence-electron chi connectivity index (χ4n) is 0. The SMILES string of the molecule is OCC(O)P. The molecule has 0 radical (unpaired) electrons. The fourth-order valence-corrected chi connectivity index (χ4v) is 0. The molecule has 0 saturated heterocycles. The monoisotopic (exact) mass is 94.0 g/mol. The Morgan fingerprint density at radius 1 is 1.80 bits per heavy atom. The van der Waals surface area contributed by atoms with Gasteiger partial charge in [0, 0.05) is 0 Å². The molecule has 2 N–H and O–H groups in total. The molecular formula is C2H7O2P. The van der Waals surface area contributed by atoms with Gasteiger partial charge in [0.15, 0.2) is 0 Å². The summed E-state index contributed by atoms with van der Waals surface area (Å²) in [5.41, 5.74) is 0. The number of aliphatic hydroxyl groups is 2. The predicted octanol–water partition coefficient (Wildman–Crippen LogP) is -0.828. The van der Waals surface area contributed by atoms with Crippen molar-refractivity contribution in [3.8, 4) is 0 Å². The first-order valence-corrected chi connectivity index (χ1v) is 1.98. The molecule has 0 spiro atoms. The van der Waals surface area contributed by atoms with Gasteiger partial charge in [0.05, 0.1) is 12.5 Å². The fraction of sp³-hybridized carbons (Fsp3) is 1.00. The molecule has 0 heterocycles. The third kappa shape index (κ3) is 4.35. The summed E-state index contributed by atoms with van der Waals surface area (Å²) in [5.74, 6) is -0.644. The van der Waals surface area contributed by atoms with Crippen molar-refractivity contribution in [2.75, 3.05) is 6.61 Å². The van der Waals surface area contributed by atoms with Gasteiger partial charge in [-0.1, -0.05) is 0 Å². The zero-order chi connectivity index (χ0) is 4.28. The second-order valence-electron chi connectivity index (χ2n) is 0.750. The zero-order valence-electron chi connectivity index (χ0n) is 2.76. The van der Waals surface area contributed by atoms with Crippen molar-refractivity contribution in [1.82, 2.24) is 0 Å². The Kier molecular flexibility index (Phi) is 2.76. The maximum Gasteiger partial charge on any atom is 0.0903 e. The molecule has 0 saturated carbocycles. The van der Waals surface area contributed by atoms with Gasteiger partial charge in [0.1, 0.15) is 0 Å². The third-order valence-corrected chi connectivity index (χ3v) is 0.398. The van der Waals surface area contributed by atoms with Crippen LogP contribution < -0.4 is 0 Å². The molecular weight excluding hydrogens is 87.0 g/mol. The summed E-state index contributed by atoms with van der Waals surface area (Å²) < 4.78 is 0. The molecule has 5 heavy (non-hydrogen) atoms. The Hall–Kier alpha value is 0.350. The highest BCUT2D eigenvalue weighted by Gasteiger charge is 1.83. The zero-order valence-corrected chi connectivity index (χ0v) is 3.91. The van der Waals surface area contributed by atoms with E-state index in [-0.39, 0.29) is 6.61 Å². The lowest BCUT2D eigenvalue weighted by Gasteiger charge is -1.90. The molecule has 3 heteroatoms. The molecule has 0 aliphatic rings. The Labute approximate surface area is 33.0 Å². The van der Waals surface area contributed by atoms with Crippen LogP contribution in [0.5, 0.6) is 0 Å². The standard InChI is InChI=1S/C2H7O2P/c3-1-2(4)5/h2-4H,1,5H2. The van der Waals surface area contributed by atoms with E-state index in [2.05, 4.69) is 0 Å². The van der Waals surface area contributed by atoms with E-state index in [1.807, 2.05) is 9.24 Å². The topological polar surface area (TPSA) is 40.5 Å². The summed E-state index contributed by atoms with van der Waals surface area (Å²) in [7, 11) is 2.04. The van der Waals surface area contributed by atoms with E-state index in [0.29, 0.717) is 0 Å². The number of hydrogen-bond acceptors (Lipinski definition) is 2. The lowest BCUT2D eigenvalue weighted by atomic mass is 10.8. The molecule has 0 aliphatic carbocycles. The van der Waals surface area contributed by atoms with Crippen molar-refractivity contribution in [1.29, 1.82) is 0 Å². The molecule has 0 aromatic carbocycles. The van der Waals surface area contributed by atoms with E-state index in [1.54, 1.807) is 0 Å². The molecule has 0 aromatic rings. The third-order valence-electron chi connectivity index (χ3n) is 0.187. The lowest BCUT2D eigenvalue weighted by molar-refractivity contribution is 0.160. The summed E-state index contributed by atoms with van der Waals surface area (Å²) in [5, 5.41) is 15.9. The van der Waals surface area contributed by atoms with Crippen molar-refractivity contribution in [3.05, 3.63) is 0 Å². The minimum atomic E-state index is -0.644. The van der Waals surface area contributed by atoms with Crippen LogP contribution in [0.1, 0.15) is 0 Å². The molecule has 0 aliphatic heterocycles. The van der Waals surface area contributed by atoms with Gasteiger partial charge >= 0.3 is 0 Å². The van der Waals surface area contributed by atoms with Gasteiger partial charge in [0.2, 0.25) is 0 Å². The lowest BCUT2D eigenvalue weighted by Crippen LogP contribution is -1.98. The first kappa shape index (κ1) is 5.35. The van der Waals surface area contributed by atoms with Gasteiger partial charge in [-0.25, -0.2) is 0 Å². The summed E-state index contributed by atoms with van der Waals surface area (Å²) >= 11 is 0. The first-order valence-electron chi connectivity index (χ1n) is 1.32. The van der Waals surface area contributed by atoms with Crippen molar-refractivity contribution in [2.24, 2.45) is 0 Å². The van der Waals surface area contributed by atoms with Gasteiger partial charge < -0.3 is 10.2 Å². The van der Waals surface area contributed by atoms with Gasteiger partial charge in [0.25, 0.3) is 0 Å². The molecule has 2 atom stereocenters. The molecule has 0 amide bonds.